The number of thioether (sulfide) groups is 1. The minimum atomic E-state index is 0.809. The molecule has 1 heterocycles. The van der Waals surface area contributed by atoms with Crippen LogP contribution >= 0.6 is 11.8 Å². The third kappa shape index (κ3) is 1.81. The van der Waals surface area contributed by atoms with Gasteiger partial charge in [0.25, 0.3) is 0 Å². The average molecular weight is 228 g/mol. The van der Waals surface area contributed by atoms with Crippen molar-refractivity contribution < 1.29 is 4.74 Å². The van der Waals surface area contributed by atoms with E-state index < -0.39 is 0 Å². The highest BCUT2D eigenvalue weighted by molar-refractivity contribution is 8.02. The van der Waals surface area contributed by atoms with Crippen LogP contribution in [0.15, 0.2) is 47.9 Å². The summed E-state index contributed by atoms with van der Waals surface area (Å²) in [5, 5.41) is 4.64. The topological polar surface area (TPSA) is 9.23 Å². The monoisotopic (exact) mass is 228 g/mol. The Morgan fingerprint density at radius 3 is 2.69 bits per heavy atom. The van der Waals surface area contributed by atoms with Gasteiger partial charge in [-0.1, -0.05) is 36.4 Å². The van der Waals surface area contributed by atoms with Gasteiger partial charge in [-0.25, -0.2) is 0 Å². The minimum Gasteiger partial charge on any atom is -0.492 e. The molecule has 2 aromatic rings. The molecule has 2 aromatic carbocycles. The minimum absolute atomic E-state index is 0.809. The number of benzene rings is 2. The Balaban J connectivity index is 2.07. The van der Waals surface area contributed by atoms with Crippen LogP contribution in [0, 0.1) is 0 Å². The lowest BCUT2D eigenvalue weighted by Crippen LogP contribution is -2.01. The third-order valence-corrected chi connectivity index (χ3v) is 3.47. The first-order valence-corrected chi connectivity index (χ1v) is 6.42. The van der Waals surface area contributed by atoms with Crippen LogP contribution in [-0.2, 0) is 4.74 Å². The summed E-state index contributed by atoms with van der Waals surface area (Å²) < 4.78 is 5.65. The van der Waals surface area contributed by atoms with Crippen LogP contribution in [0.25, 0.3) is 16.5 Å². The number of hydrogen-bond acceptors (Lipinski definition) is 2. The van der Waals surface area contributed by atoms with Gasteiger partial charge in [0.1, 0.15) is 5.76 Å². The molecular weight excluding hydrogens is 216 g/mol. The van der Waals surface area contributed by atoms with Crippen molar-refractivity contribution in [3.63, 3.8) is 0 Å². The number of rotatable bonds is 1. The normalized spacial score (nSPS) is 15.6. The van der Waals surface area contributed by atoms with E-state index in [9.17, 15) is 0 Å². The fraction of sp³-hybridized carbons (Fsp3) is 0.143. The molecule has 0 radical (unpaired) electrons. The summed E-state index contributed by atoms with van der Waals surface area (Å²) in [5.74, 6) is 2.05. The van der Waals surface area contributed by atoms with E-state index in [4.69, 9.17) is 4.74 Å². The Hall–Kier alpha value is -1.41. The molecule has 0 atom stereocenters. The lowest BCUT2D eigenvalue weighted by Gasteiger charge is -2.14. The second-order valence-electron chi connectivity index (χ2n) is 3.76. The molecule has 80 valence electrons. The van der Waals surface area contributed by atoms with E-state index in [0.29, 0.717) is 0 Å². The molecule has 0 bridgehead atoms. The maximum atomic E-state index is 5.65. The Labute approximate surface area is 99.1 Å². The van der Waals surface area contributed by atoms with E-state index in [0.717, 1.165) is 18.1 Å². The van der Waals surface area contributed by atoms with Crippen molar-refractivity contribution >= 4 is 28.3 Å². The predicted molar refractivity (Wildman–Crippen MR) is 70.3 cm³/mol. The van der Waals surface area contributed by atoms with Crippen LogP contribution in [0.5, 0.6) is 0 Å². The highest BCUT2D eigenvalue weighted by Gasteiger charge is 2.07. The van der Waals surface area contributed by atoms with E-state index in [1.165, 1.54) is 16.3 Å². The standard InChI is InChI=1S/C14H12OS/c1-2-4-12-9-13(6-5-11(12)3-1)14-10-16-8-7-15-14/h1-6,9-10H,7-8H2. The molecule has 1 nitrogen and oxygen atoms in total. The third-order valence-electron chi connectivity index (χ3n) is 2.68. The molecule has 0 aliphatic carbocycles. The average Bonchev–Trinajstić information content (AvgIpc) is 2.39. The largest absolute Gasteiger partial charge is 0.492 e. The molecule has 3 rings (SSSR count). The SMILES string of the molecule is C1=C(c2ccc3ccccc3c2)OCCS1. The summed E-state index contributed by atoms with van der Waals surface area (Å²) in [6, 6.07) is 14.9. The van der Waals surface area contributed by atoms with Crippen molar-refractivity contribution in [2.45, 2.75) is 0 Å². The van der Waals surface area contributed by atoms with Gasteiger partial charge in [0.05, 0.1) is 6.61 Å². The van der Waals surface area contributed by atoms with E-state index in [-0.39, 0.29) is 0 Å². The molecular formula is C14H12OS. The zero-order valence-electron chi connectivity index (χ0n) is 8.85. The van der Waals surface area contributed by atoms with Gasteiger partial charge in [0.2, 0.25) is 0 Å². The highest BCUT2D eigenvalue weighted by atomic mass is 32.2. The second kappa shape index (κ2) is 4.22. The molecule has 0 fully saturated rings. The maximum absolute atomic E-state index is 5.65. The summed E-state index contributed by atoms with van der Waals surface area (Å²) in [7, 11) is 0. The first kappa shape index (κ1) is 9.79. The summed E-state index contributed by atoms with van der Waals surface area (Å²) in [4.78, 5) is 0. The zero-order chi connectivity index (χ0) is 10.8. The lowest BCUT2D eigenvalue weighted by molar-refractivity contribution is 0.299. The van der Waals surface area contributed by atoms with Gasteiger partial charge in [0, 0.05) is 16.7 Å². The van der Waals surface area contributed by atoms with Crippen molar-refractivity contribution in [1.29, 1.82) is 0 Å². The van der Waals surface area contributed by atoms with Gasteiger partial charge in [-0.15, -0.1) is 11.8 Å². The number of ether oxygens (including phenoxy) is 1. The van der Waals surface area contributed by atoms with Crippen molar-refractivity contribution in [3.8, 4) is 0 Å². The number of fused-ring (bicyclic) bond motifs is 1. The first-order chi connectivity index (χ1) is 7.93. The lowest BCUT2D eigenvalue weighted by atomic mass is 10.1. The van der Waals surface area contributed by atoms with Crippen LogP contribution in [0.3, 0.4) is 0 Å². The molecule has 2 heteroatoms. The van der Waals surface area contributed by atoms with Crippen molar-refractivity contribution in [2.75, 3.05) is 12.4 Å². The van der Waals surface area contributed by atoms with Gasteiger partial charge in [-0.05, 0) is 16.8 Å². The zero-order valence-corrected chi connectivity index (χ0v) is 9.67. The molecule has 0 spiro atoms. The maximum Gasteiger partial charge on any atom is 0.132 e. The summed E-state index contributed by atoms with van der Waals surface area (Å²) in [6.07, 6.45) is 0. The molecule has 16 heavy (non-hydrogen) atoms. The van der Waals surface area contributed by atoms with Crippen molar-refractivity contribution in [3.05, 3.63) is 53.4 Å². The Kier molecular flexibility index (Phi) is 2.58. The van der Waals surface area contributed by atoms with Gasteiger partial charge in [0.15, 0.2) is 0 Å². The fourth-order valence-electron chi connectivity index (χ4n) is 1.86. The highest BCUT2D eigenvalue weighted by Crippen LogP contribution is 2.26. The van der Waals surface area contributed by atoms with E-state index >= 15 is 0 Å². The summed E-state index contributed by atoms with van der Waals surface area (Å²) in [6.45, 7) is 0.809. The number of hydrogen-bond donors (Lipinski definition) is 0. The van der Waals surface area contributed by atoms with E-state index in [2.05, 4.69) is 47.9 Å². The van der Waals surface area contributed by atoms with Crippen LogP contribution in [0.4, 0.5) is 0 Å². The molecule has 0 unspecified atom stereocenters. The molecule has 1 aliphatic heterocycles. The van der Waals surface area contributed by atoms with E-state index in [1.54, 1.807) is 0 Å². The summed E-state index contributed by atoms with van der Waals surface area (Å²) >= 11 is 1.82. The van der Waals surface area contributed by atoms with Crippen molar-refractivity contribution in [1.82, 2.24) is 0 Å². The van der Waals surface area contributed by atoms with Crippen LogP contribution in [0.2, 0.25) is 0 Å². The Morgan fingerprint density at radius 2 is 1.88 bits per heavy atom. The smallest absolute Gasteiger partial charge is 0.132 e. The molecule has 0 amide bonds. The van der Waals surface area contributed by atoms with Gasteiger partial charge in [-0.2, -0.15) is 0 Å². The quantitative estimate of drug-likeness (QED) is 0.732. The summed E-state index contributed by atoms with van der Waals surface area (Å²) in [5.41, 5.74) is 1.17. The molecule has 0 N–H and O–H groups in total. The second-order valence-corrected chi connectivity index (χ2v) is 4.74. The first-order valence-electron chi connectivity index (χ1n) is 5.37. The molecule has 0 saturated carbocycles. The van der Waals surface area contributed by atoms with Gasteiger partial charge < -0.3 is 4.74 Å². The molecule has 0 aromatic heterocycles. The van der Waals surface area contributed by atoms with Crippen LogP contribution in [-0.4, -0.2) is 12.4 Å². The van der Waals surface area contributed by atoms with Crippen LogP contribution < -0.4 is 0 Å². The molecule has 0 saturated heterocycles. The van der Waals surface area contributed by atoms with Crippen molar-refractivity contribution in [2.24, 2.45) is 0 Å². The molecule has 1 aliphatic rings. The Bertz CT molecular complexity index is 545. The predicted octanol–water partition coefficient (Wildman–Crippen LogP) is 3.90. The van der Waals surface area contributed by atoms with Crippen LogP contribution in [0.1, 0.15) is 5.56 Å². The van der Waals surface area contributed by atoms with Gasteiger partial charge >= 0.3 is 0 Å². The Morgan fingerprint density at radius 1 is 1.00 bits per heavy atom. The van der Waals surface area contributed by atoms with Gasteiger partial charge in [-0.3, -0.25) is 0 Å². The fourth-order valence-corrected chi connectivity index (χ4v) is 2.52. The van der Waals surface area contributed by atoms with E-state index in [1.807, 2.05) is 11.8 Å².